The van der Waals surface area contributed by atoms with E-state index in [1.165, 1.54) is 0 Å². The van der Waals surface area contributed by atoms with Crippen LogP contribution in [0.4, 0.5) is 0 Å². The molecule has 0 fully saturated rings. The van der Waals surface area contributed by atoms with E-state index in [0.717, 1.165) is 89.4 Å². The molecular weight excluding hydrogens is 572 g/mol. The molecule has 0 saturated heterocycles. The summed E-state index contributed by atoms with van der Waals surface area (Å²) in [5.41, 5.74) is 15.3. The number of carbonyl (C=O) groups excluding carboxylic acids is 2. The Balaban J connectivity index is 1.86. The summed E-state index contributed by atoms with van der Waals surface area (Å²) in [7, 11) is 0. The second-order valence-electron chi connectivity index (χ2n) is 11.8. The van der Waals surface area contributed by atoms with E-state index < -0.39 is 0 Å². The van der Waals surface area contributed by atoms with Gasteiger partial charge in [-0.3, -0.25) is 9.59 Å². The van der Waals surface area contributed by atoms with Gasteiger partial charge in [-0.25, -0.2) is 9.97 Å². The van der Waals surface area contributed by atoms with Crippen molar-refractivity contribution in [3.63, 3.8) is 0 Å². The summed E-state index contributed by atoms with van der Waals surface area (Å²) in [4.78, 5) is 42.5. The van der Waals surface area contributed by atoms with Crippen molar-refractivity contribution in [2.45, 2.75) is 67.2 Å². The maximum atomic E-state index is 12.5. The van der Waals surface area contributed by atoms with Crippen LogP contribution in [-0.4, -0.2) is 44.8 Å². The van der Waals surface area contributed by atoms with Crippen LogP contribution < -0.4 is 10.6 Å². The van der Waals surface area contributed by atoms with Gasteiger partial charge in [0.1, 0.15) is 0 Å². The number of H-pyrrole nitrogens is 2. The fourth-order valence-electron chi connectivity index (χ4n) is 6.35. The molecule has 2 amide bonds. The topological polar surface area (TPSA) is 116 Å². The van der Waals surface area contributed by atoms with E-state index in [1.807, 2.05) is 26.0 Å². The number of fused-ring (bicyclic) bond motifs is 8. The third-order valence-electron chi connectivity index (χ3n) is 9.00. The summed E-state index contributed by atoms with van der Waals surface area (Å²) in [6, 6.07) is 8.28. The summed E-state index contributed by atoms with van der Waals surface area (Å²) >= 11 is 0. The Bertz CT molecular complexity index is 1990. The van der Waals surface area contributed by atoms with Gasteiger partial charge >= 0.3 is 0 Å². The lowest BCUT2D eigenvalue weighted by atomic mass is 10.00. The third-order valence-corrected chi connectivity index (χ3v) is 9.00. The van der Waals surface area contributed by atoms with Crippen LogP contribution in [0.2, 0.25) is 0 Å². The van der Waals surface area contributed by atoms with Crippen LogP contribution >= 0.6 is 0 Å². The summed E-state index contributed by atoms with van der Waals surface area (Å²) < 4.78 is 0. The van der Waals surface area contributed by atoms with Crippen LogP contribution in [0.15, 0.2) is 43.5 Å². The van der Waals surface area contributed by atoms with Gasteiger partial charge in [0.2, 0.25) is 11.8 Å². The summed E-state index contributed by atoms with van der Waals surface area (Å²) in [6.45, 7) is 21.5. The van der Waals surface area contributed by atoms with Crippen molar-refractivity contribution in [3.8, 4) is 0 Å². The zero-order valence-corrected chi connectivity index (χ0v) is 27.8. The SMILES string of the molecule is C=CC1=C(C)c2cc3[nH]c(cc4nc(cc5[nH]c(cc1n2)c(C)c5CCC(=O)NCC)C(CCC(=O)NCC)=C4C)c(C)c3C=C. The van der Waals surface area contributed by atoms with E-state index in [2.05, 4.69) is 85.7 Å². The van der Waals surface area contributed by atoms with Crippen LogP contribution in [0.3, 0.4) is 0 Å². The van der Waals surface area contributed by atoms with Crippen molar-refractivity contribution in [3.05, 3.63) is 88.5 Å². The summed E-state index contributed by atoms with van der Waals surface area (Å²) in [6.07, 6.45) is 5.58. The zero-order chi connectivity index (χ0) is 33.1. The Kier molecular flexibility index (Phi) is 9.56. The molecule has 8 heteroatoms. The first-order chi connectivity index (χ1) is 22.1. The Morgan fingerprint density at radius 3 is 1.89 bits per heavy atom. The van der Waals surface area contributed by atoms with Crippen molar-refractivity contribution in [1.82, 2.24) is 30.6 Å². The molecule has 3 aromatic heterocycles. The first-order valence-electron chi connectivity index (χ1n) is 16.0. The van der Waals surface area contributed by atoms with Crippen molar-refractivity contribution in [2.24, 2.45) is 0 Å². The molecule has 5 rings (SSSR count). The molecule has 4 N–H and O–H groups in total. The van der Waals surface area contributed by atoms with Gasteiger partial charge in [0.25, 0.3) is 0 Å². The van der Waals surface area contributed by atoms with Gasteiger partial charge in [-0.1, -0.05) is 25.3 Å². The Hall–Kier alpha value is -4.98. The van der Waals surface area contributed by atoms with Crippen LogP contribution in [-0.2, 0) is 16.0 Å². The quantitative estimate of drug-likeness (QED) is 0.188. The predicted molar refractivity (Wildman–Crippen MR) is 191 cm³/mol. The van der Waals surface area contributed by atoms with Gasteiger partial charge in [-0.2, -0.15) is 0 Å². The van der Waals surface area contributed by atoms with E-state index in [4.69, 9.17) is 9.97 Å². The Labute approximate surface area is 270 Å². The van der Waals surface area contributed by atoms with Gasteiger partial charge in [0.15, 0.2) is 0 Å². The number of carbonyl (C=O) groups is 2. The fraction of sp³-hybridized carbons (Fsp3) is 0.316. The lowest BCUT2D eigenvalue weighted by Gasteiger charge is -2.06. The van der Waals surface area contributed by atoms with E-state index in [0.29, 0.717) is 38.8 Å². The highest BCUT2D eigenvalue weighted by Gasteiger charge is 2.21. The number of nitrogens with one attached hydrogen (secondary N) is 4. The molecule has 2 aliphatic heterocycles. The lowest BCUT2D eigenvalue weighted by molar-refractivity contribution is -0.121. The second kappa shape index (κ2) is 13.6. The fourth-order valence-corrected chi connectivity index (χ4v) is 6.35. The van der Waals surface area contributed by atoms with Gasteiger partial charge in [0, 0.05) is 59.1 Å². The number of rotatable bonds is 10. The first kappa shape index (κ1) is 32.4. The molecule has 238 valence electrons. The van der Waals surface area contributed by atoms with Crippen LogP contribution in [0.1, 0.15) is 92.0 Å². The number of hydrogen-bond donors (Lipinski definition) is 4. The highest BCUT2D eigenvalue weighted by atomic mass is 16.2. The summed E-state index contributed by atoms with van der Waals surface area (Å²) in [5.74, 6) is 0.0283. The van der Waals surface area contributed by atoms with Crippen molar-refractivity contribution in [2.75, 3.05) is 13.1 Å². The van der Waals surface area contributed by atoms with E-state index in [1.54, 1.807) is 0 Å². The highest BCUT2D eigenvalue weighted by Crippen LogP contribution is 2.36. The largest absolute Gasteiger partial charge is 0.356 e. The van der Waals surface area contributed by atoms with Gasteiger partial charge in [0.05, 0.1) is 22.8 Å². The highest BCUT2D eigenvalue weighted by molar-refractivity contribution is 5.98. The normalized spacial score (nSPS) is 12.8. The van der Waals surface area contributed by atoms with Gasteiger partial charge in [-0.15, -0.1) is 0 Å². The minimum absolute atomic E-state index is 0.0129. The minimum atomic E-state index is 0.0129. The number of hydrogen-bond acceptors (Lipinski definition) is 4. The van der Waals surface area contributed by atoms with Crippen LogP contribution in [0.5, 0.6) is 0 Å². The van der Waals surface area contributed by atoms with Gasteiger partial charge < -0.3 is 20.6 Å². The maximum Gasteiger partial charge on any atom is 0.220 e. The molecular formula is C38H44N6O2. The molecule has 0 unspecified atom stereocenters. The average Bonchev–Trinajstić information content (AvgIpc) is 3.68. The molecule has 2 aliphatic rings. The van der Waals surface area contributed by atoms with Crippen LogP contribution in [0, 0.1) is 13.8 Å². The molecule has 0 spiro atoms. The third kappa shape index (κ3) is 6.25. The number of nitrogens with zero attached hydrogens (tertiary/aromatic N) is 2. The van der Waals surface area contributed by atoms with Crippen LogP contribution in [0.25, 0.3) is 50.4 Å². The zero-order valence-electron chi connectivity index (χ0n) is 27.8. The van der Waals surface area contributed by atoms with E-state index in [-0.39, 0.29) is 11.8 Å². The smallest absolute Gasteiger partial charge is 0.220 e. The number of aryl methyl sites for hydroxylation is 3. The molecule has 0 atom stereocenters. The Morgan fingerprint density at radius 2 is 1.24 bits per heavy atom. The van der Waals surface area contributed by atoms with Gasteiger partial charge in [-0.05, 0) is 112 Å². The average molecular weight is 617 g/mol. The van der Waals surface area contributed by atoms with Crippen molar-refractivity contribution in [1.29, 1.82) is 0 Å². The minimum Gasteiger partial charge on any atom is -0.356 e. The predicted octanol–water partition coefficient (Wildman–Crippen LogP) is 7.61. The molecule has 3 aromatic rings. The summed E-state index contributed by atoms with van der Waals surface area (Å²) in [5, 5.41) is 5.83. The monoisotopic (exact) mass is 616 g/mol. The number of allylic oxidation sites excluding steroid dienone is 5. The number of aromatic nitrogens is 4. The molecule has 0 aromatic carbocycles. The molecule has 0 saturated carbocycles. The van der Waals surface area contributed by atoms with E-state index >= 15 is 0 Å². The van der Waals surface area contributed by atoms with E-state index in [9.17, 15) is 9.59 Å². The number of aromatic amines is 2. The molecule has 0 aliphatic carbocycles. The second-order valence-corrected chi connectivity index (χ2v) is 11.8. The maximum absolute atomic E-state index is 12.5. The lowest BCUT2D eigenvalue weighted by Crippen LogP contribution is -2.22. The first-order valence-corrected chi connectivity index (χ1v) is 16.0. The Morgan fingerprint density at radius 1 is 0.696 bits per heavy atom. The molecule has 8 bridgehead atoms. The standard InChI is InChI=1S/C38H44N6O2/c1-9-25-21(5)29-17-30-23(7)27(13-15-37(45)39-11-3)35(43-30)20-36-28(14-16-38(46)40-12-4)24(8)32(44-36)19-34-26(10-2)22(6)31(42-34)18-33(25)41-29/h9-10,17-20,41,44H,1-2,11-16H2,3-8H3,(H,39,45)(H,40,46). The van der Waals surface area contributed by atoms with Crippen molar-refractivity contribution < 1.29 is 9.59 Å². The molecule has 8 nitrogen and oxygen atoms in total. The van der Waals surface area contributed by atoms with Crippen molar-refractivity contribution >= 4 is 62.2 Å². The molecule has 5 heterocycles. The number of amides is 2. The molecule has 0 radical (unpaired) electrons. The molecule has 46 heavy (non-hydrogen) atoms.